The van der Waals surface area contributed by atoms with Gasteiger partial charge in [0, 0.05) is 6.20 Å². The largest absolute Gasteiger partial charge is 0.406 e. The molecule has 0 aliphatic heterocycles. The summed E-state index contributed by atoms with van der Waals surface area (Å²) in [6, 6.07) is 1.47. The highest BCUT2D eigenvalue weighted by Crippen LogP contribution is 2.24. The molecular weight excluding hydrogens is 231 g/mol. The molecule has 2 rings (SSSR count). The zero-order valence-corrected chi connectivity index (χ0v) is 8.05. The highest BCUT2D eigenvalue weighted by atomic mass is 35.5. The first kappa shape index (κ1) is 10.2. The lowest BCUT2D eigenvalue weighted by atomic mass is 10.4. The molecule has 15 heavy (non-hydrogen) atoms. The van der Waals surface area contributed by atoms with E-state index in [4.69, 9.17) is 11.6 Å². The van der Waals surface area contributed by atoms with E-state index in [2.05, 4.69) is 9.97 Å². The number of alkyl halides is 3. The molecule has 0 spiro atoms. The van der Waals surface area contributed by atoms with Crippen molar-refractivity contribution in [2.24, 2.45) is 0 Å². The number of hydrogen-bond donors (Lipinski definition) is 0. The van der Waals surface area contributed by atoms with Crippen molar-refractivity contribution in [1.82, 2.24) is 14.5 Å². The Morgan fingerprint density at radius 2 is 2.07 bits per heavy atom. The van der Waals surface area contributed by atoms with Crippen LogP contribution in [0, 0.1) is 0 Å². The summed E-state index contributed by atoms with van der Waals surface area (Å²) in [6.45, 7) is -1.09. The Morgan fingerprint density at radius 1 is 1.33 bits per heavy atom. The van der Waals surface area contributed by atoms with E-state index in [-0.39, 0.29) is 10.7 Å². The second-order valence-corrected chi connectivity index (χ2v) is 3.32. The SMILES string of the molecule is FC(F)(F)Cn1ccc2ncnc(Cl)c21. The fraction of sp³-hybridized carbons (Fsp3) is 0.250. The maximum Gasteiger partial charge on any atom is 0.406 e. The zero-order valence-electron chi connectivity index (χ0n) is 7.29. The summed E-state index contributed by atoms with van der Waals surface area (Å²) in [5.41, 5.74) is 0.607. The number of nitrogens with zero attached hydrogens (tertiary/aromatic N) is 3. The predicted molar refractivity (Wildman–Crippen MR) is 48.6 cm³/mol. The second-order valence-electron chi connectivity index (χ2n) is 2.96. The summed E-state index contributed by atoms with van der Waals surface area (Å²) in [6.07, 6.45) is -1.79. The van der Waals surface area contributed by atoms with Crippen LogP contribution in [-0.2, 0) is 6.54 Å². The van der Waals surface area contributed by atoms with E-state index in [0.29, 0.717) is 5.52 Å². The van der Waals surface area contributed by atoms with Crippen LogP contribution in [-0.4, -0.2) is 20.7 Å². The average molecular weight is 236 g/mol. The van der Waals surface area contributed by atoms with E-state index in [1.54, 1.807) is 0 Å². The van der Waals surface area contributed by atoms with E-state index >= 15 is 0 Å². The van der Waals surface area contributed by atoms with E-state index in [9.17, 15) is 13.2 Å². The average Bonchev–Trinajstić information content (AvgIpc) is 2.47. The monoisotopic (exact) mass is 235 g/mol. The molecule has 0 saturated heterocycles. The van der Waals surface area contributed by atoms with E-state index < -0.39 is 12.7 Å². The minimum Gasteiger partial charge on any atom is -0.335 e. The Kier molecular flexibility index (Phi) is 2.30. The lowest BCUT2D eigenvalue weighted by Crippen LogP contribution is -2.17. The standard InChI is InChI=1S/C8H5ClF3N3/c9-7-6-5(13-4-14-7)1-2-15(6)3-8(10,11)12/h1-2,4H,3H2. The normalized spacial score (nSPS) is 12.3. The first-order valence-corrected chi connectivity index (χ1v) is 4.37. The first-order chi connectivity index (χ1) is 6.97. The minimum absolute atomic E-state index is 0.0225. The Morgan fingerprint density at radius 3 is 2.73 bits per heavy atom. The van der Waals surface area contributed by atoms with E-state index in [1.807, 2.05) is 0 Å². The van der Waals surface area contributed by atoms with Crippen molar-refractivity contribution in [1.29, 1.82) is 0 Å². The van der Waals surface area contributed by atoms with Crippen LogP contribution in [0.4, 0.5) is 13.2 Å². The van der Waals surface area contributed by atoms with Crippen LogP contribution < -0.4 is 0 Å². The maximum absolute atomic E-state index is 12.2. The number of rotatable bonds is 1. The second kappa shape index (κ2) is 3.37. The predicted octanol–water partition coefficient (Wildman–Crippen LogP) is 2.65. The van der Waals surface area contributed by atoms with E-state index in [0.717, 1.165) is 4.57 Å². The molecule has 0 aliphatic rings. The van der Waals surface area contributed by atoms with Crippen LogP contribution in [0.25, 0.3) is 11.0 Å². The molecule has 0 N–H and O–H groups in total. The zero-order chi connectivity index (χ0) is 11.1. The van der Waals surface area contributed by atoms with Gasteiger partial charge in [-0.25, -0.2) is 9.97 Å². The molecule has 7 heteroatoms. The molecule has 80 valence electrons. The Labute approximate surface area is 87.5 Å². The van der Waals surface area contributed by atoms with Crippen LogP contribution in [0.15, 0.2) is 18.6 Å². The summed E-state index contributed by atoms with van der Waals surface area (Å²) < 4.78 is 37.5. The summed E-state index contributed by atoms with van der Waals surface area (Å²) in [5.74, 6) is 0. The molecule has 0 aliphatic carbocycles. The van der Waals surface area contributed by atoms with Crippen molar-refractivity contribution in [3.8, 4) is 0 Å². The third-order valence-electron chi connectivity index (χ3n) is 1.86. The van der Waals surface area contributed by atoms with Gasteiger partial charge < -0.3 is 4.57 Å². The first-order valence-electron chi connectivity index (χ1n) is 3.99. The molecule has 0 aromatic carbocycles. The summed E-state index contributed by atoms with van der Waals surface area (Å²) in [7, 11) is 0. The van der Waals surface area contributed by atoms with Crippen LogP contribution in [0.5, 0.6) is 0 Å². The topological polar surface area (TPSA) is 30.7 Å². The molecule has 0 bridgehead atoms. The fourth-order valence-electron chi connectivity index (χ4n) is 1.32. The summed E-state index contributed by atoms with van der Waals surface area (Å²) >= 11 is 5.69. The molecule has 0 amide bonds. The van der Waals surface area contributed by atoms with Gasteiger partial charge in [0.05, 0.1) is 5.52 Å². The molecule has 0 atom stereocenters. The third-order valence-corrected chi connectivity index (χ3v) is 2.13. The Balaban J connectivity index is 2.53. The van der Waals surface area contributed by atoms with Crippen molar-refractivity contribution < 1.29 is 13.2 Å². The van der Waals surface area contributed by atoms with Crippen molar-refractivity contribution >= 4 is 22.6 Å². The van der Waals surface area contributed by atoms with Crippen LogP contribution in [0.2, 0.25) is 5.15 Å². The molecule has 2 aromatic rings. The quantitative estimate of drug-likeness (QED) is 0.712. The molecule has 3 nitrogen and oxygen atoms in total. The highest BCUT2D eigenvalue weighted by Gasteiger charge is 2.28. The lowest BCUT2D eigenvalue weighted by Gasteiger charge is -2.08. The van der Waals surface area contributed by atoms with Gasteiger partial charge in [-0.1, -0.05) is 11.6 Å². The van der Waals surface area contributed by atoms with Gasteiger partial charge in [-0.15, -0.1) is 0 Å². The number of aromatic nitrogens is 3. The van der Waals surface area contributed by atoms with Crippen molar-refractivity contribution in [3.63, 3.8) is 0 Å². The Hall–Kier alpha value is -1.30. The van der Waals surface area contributed by atoms with Crippen molar-refractivity contribution in [2.75, 3.05) is 0 Å². The molecule has 0 fully saturated rings. The van der Waals surface area contributed by atoms with Gasteiger partial charge in [-0.3, -0.25) is 0 Å². The fourth-order valence-corrected chi connectivity index (χ4v) is 1.57. The Bertz CT molecular complexity index is 491. The molecule has 2 heterocycles. The maximum atomic E-state index is 12.2. The molecular formula is C8H5ClF3N3. The van der Waals surface area contributed by atoms with Crippen molar-refractivity contribution in [3.05, 3.63) is 23.7 Å². The van der Waals surface area contributed by atoms with Gasteiger partial charge in [0.2, 0.25) is 0 Å². The molecule has 0 saturated carbocycles. The number of hydrogen-bond acceptors (Lipinski definition) is 2. The summed E-state index contributed by atoms with van der Waals surface area (Å²) in [5, 5.41) is 0.0225. The molecule has 0 unspecified atom stereocenters. The van der Waals surface area contributed by atoms with Gasteiger partial charge >= 0.3 is 6.18 Å². The van der Waals surface area contributed by atoms with Crippen LogP contribution in [0.1, 0.15) is 0 Å². The number of fused-ring (bicyclic) bond motifs is 1. The van der Waals surface area contributed by atoms with Gasteiger partial charge in [-0.05, 0) is 6.07 Å². The smallest absolute Gasteiger partial charge is 0.335 e. The lowest BCUT2D eigenvalue weighted by molar-refractivity contribution is -0.139. The van der Waals surface area contributed by atoms with Gasteiger partial charge in [0.1, 0.15) is 18.4 Å². The van der Waals surface area contributed by atoms with E-state index in [1.165, 1.54) is 18.6 Å². The molecule has 2 aromatic heterocycles. The van der Waals surface area contributed by atoms with Crippen LogP contribution in [0.3, 0.4) is 0 Å². The number of halogens is 4. The third kappa shape index (κ3) is 2.04. The minimum atomic E-state index is -4.29. The van der Waals surface area contributed by atoms with Crippen molar-refractivity contribution in [2.45, 2.75) is 12.7 Å². The van der Waals surface area contributed by atoms with Gasteiger partial charge in [0.15, 0.2) is 5.15 Å². The summed E-state index contributed by atoms with van der Waals surface area (Å²) in [4.78, 5) is 7.45. The van der Waals surface area contributed by atoms with Gasteiger partial charge in [-0.2, -0.15) is 13.2 Å². The van der Waals surface area contributed by atoms with Gasteiger partial charge in [0.25, 0.3) is 0 Å². The van der Waals surface area contributed by atoms with Crippen LogP contribution >= 0.6 is 11.6 Å². The molecule has 0 radical (unpaired) electrons. The highest BCUT2D eigenvalue weighted by molar-refractivity contribution is 6.33.